The number of nitrogens with one attached hydrogen (secondary N) is 1. The minimum Gasteiger partial charge on any atom is -0.497 e. The van der Waals surface area contributed by atoms with Crippen LogP contribution in [0.5, 0.6) is 5.75 Å². The van der Waals surface area contributed by atoms with Crippen LogP contribution in [0.3, 0.4) is 0 Å². The number of carbonyl (C=O) groups is 2. The van der Waals surface area contributed by atoms with E-state index in [-0.39, 0.29) is 25.6 Å². The van der Waals surface area contributed by atoms with Crippen molar-refractivity contribution in [1.82, 2.24) is 14.5 Å². The zero-order valence-corrected chi connectivity index (χ0v) is 23.2. The summed E-state index contributed by atoms with van der Waals surface area (Å²) in [6.07, 6.45) is 1.87. The Morgan fingerprint density at radius 3 is 2.41 bits per heavy atom. The molecule has 202 valence electrons. The Morgan fingerprint density at radius 2 is 1.74 bits per heavy atom. The third-order valence-corrected chi connectivity index (χ3v) is 6.73. The summed E-state index contributed by atoms with van der Waals surface area (Å²) >= 11 is 6.26. The van der Waals surface area contributed by atoms with Gasteiger partial charge in [0.1, 0.15) is 12.3 Å². The SMILES string of the molecule is COCCN(CC(=O)Nc1nc(-c2ccc(OC)cc2)cn1-c1ccc(C)c(C)c1)C(=O)c1ccccc1Cl. The molecule has 4 aromatic rings. The molecule has 1 aromatic heterocycles. The number of benzene rings is 3. The fourth-order valence-corrected chi connectivity index (χ4v) is 4.25. The van der Waals surface area contributed by atoms with Crippen LogP contribution in [-0.4, -0.2) is 60.2 Å². The molecular formula is C30H31ClN4O4. The second-order valence-electron chi connectivity index (χ2n) is 9.06. The number of amides is 2. The number of ether oxygens (including phenoxy) is 2. The van der Waals surface area contributed by atoms with E-state index in [1.807, 2.05) is 67.1 Å². The Balaban J connectivity index is 1.64. The standard InChI is InChI=1S/C30H31ClN4O4/c1-20-9-12-23(17-21(20)2)35-18-27(22-10-13-24(39-4)14-11-22)32-30(35)33-28(36)19-34(15-16-38-3)29(37)25-7-5-6-8-26(25)31/h5-14,17-18H,15-16,19H2,1-4H3,(H,32,33,36). The zero-order chi connectivity index (χ0) is 27.9. The van der Waals surface area contributed by atoms with E-state index in [0.29, 0.717) is 22.2 Å². The van der Waals surface area contributed by atoms with Crippen LogP contribution in [0.1, 0.15) is 21.5 Å². The van der Waals surface area contributed by atoms with Crippen LogP contribution in [0.25, 0.3) is 16.9 Å². The number of halogens is 1. The van der Waals surface area contributed by atoms with Gasteiger partial charge in [-0.25, -0.2) is 4.98 Å². The number of rotatable bonds is 10. The predicted octanol–water partition coefficient (Wildman–Crippen LogP) is 5.55. The molecule has 9 heteroatoms. The number of methoxy groups -OCH3 is 2. The van der Waals surface area contributed by atoms with Gasteiger partial charge in [0.25, 0.3) is 5.91 Å². The van der Waals surface area contributed by atoms with E-state index in [2.05, 4.69) is 5.32 Å². The lowest BCUT2D eigenvalue weighted by atomic mass is 10.1. The molecule has 39 heavy (non-hydrogen) atoms. The summed E-state index contributed by atoms with van der Waals surface area (Å²) in [6, 6.07) is 20.3. The van der Waals surface area contributed by atoms with E-state index in [9.17, 15) is 9.59 Å². The van der Waals surface area contributed by atoms with Crippen molar-refractivity contribution in [2.24, 2.45) is 0 Å². The lowest BCUT2D eigenvalue weighted by molar-refractivity contribution is -0.117. The third kappa shape index (κ3) is 6.66. The molecule has 1 N–H and O–H groups in total. The van der Waals surface area contributed by atoms with Crippen LogP contribution < -0.4 is 10.1 Å². The second-order valence-corrected chi connectivity index (χ2v) is 9.47. The molecule has 0 radical (unpaired) electrons. The highest BCUT2D eigenvalue weighted by Gasteiger charge is 2.22. The van der Waals surface area contributed by atoms with Gasteiger partial charge < -0.3 is 14.4 Å². The van der Waals surface area contributed by atoms with Crippen molar-refractivity contribution >= 4 is 29.4 Å². The maximum Gasteiger partial charge on any atom is 0.255 e. The molecule has 0 saturated heterocycles. The number of nitrogens with zero attached hydrogens (tertiary/aromatic N) is 3. The summed E-state index contributed by atoms with van der Waals surface area (Å²) in [5.74, 6) is 0.318. The predicted molar refractivity (Wildman–Crippen MR) is 153 cm³/mol. The molecule has 4 rings (SSSR count). The van der Waals surface area contributed by atoms with Crippen molar-refractivity contribution in [1.29, 1.82) is 0 Å². The average molecular weight is 547 g/mol. The van der Waals surface area contributed by atoms with Crippen molar-refractivity contribution in [3.8, 4) is 22.7 Å². The number of anilines is 1. The highest BCUT2D eigenvalue weighted by molar-refractivity contribution is 6.33. The Bertz CT molecular complexity index is 1470. The molecule has 0 unspecified atom stereocenters. The topological polar surface area (TPSA) is 85.7 Å². The van der Waals surface area contributed by atoms with Crippen molar-refractivity contribution in [3.63, 3.8) is 0 Å². The van der Waals surface area contributed by atoms with Gasteiger partial charge >= 0.3 is 0 Å². The number of hydrogen-bond acceptors (Lipinski definition) is 5. The molecule has 1 heterocycles. The summed E-state index contributed by atoms with van der Waals surface area (Å²) in [5.41, 5.74) is 4.98. The zero-order valence-electron chi connectivity index (χ0n) is 22.4. The Kier molecular flexibility index (Phi) is 9.01. The summed E-state index contributed by atoms with van der Waals surface area (Å²) in [5, 5.41) is 3.22. The van der Waals surface area contributed by atoms with E-state index >= 15 is 0 Å². The van der Waals surface area contributed by atoms with Gasteiger partial charge in [0.05, 0.1) is 30.0 Å². The van der Waals surface area contributed by atoms with Crippen molar-refractivity contribution in [3.05, 3.63) is 94.6 Å². The molecule has 0 aliphatic carbocycles. The number of aromatic nitrogens is 2. The lowest BCUT2D eigenvalue weighted by Gasteiger charge is -2.22. The molecule has 0 spiro atoms. The van der Waals surface area contributed by atoms with Gasteiger partial charge in [0.2, 0.25) is 11.9 Å². The van der Waals surface area contributed by atoms with Gasteiger partial charge in [-0.05, 0) is 73.5 Å². The van der Waals surface area contributed by atoms with Crippen LogP contribution in [0.2, 0.25) is 5.02 Å². The quantitative estimate of drug-likeness (QED) is 0.282. The van der Waals surface area contributed by atoms with Crippen LogP contribution in [0.4, 0.5) is 5.95 Å². The molecular weight excluding hydrogens is 516 g/mol. The van der Waals surface area contributed by atoms with Gasteiger partial charge in [0.15, 0.2) is 0 Å². The molecule has 2 amide bonds. The van der Waals surface area contributed by atoms with E-state index in [1.165, 1.54) is 4.90 Å². The number of aryl methyl sites for hydroxylation is 2. The van der Waals surface area contributed by atoms with Crippen LogP contribution in [-0.2, 0) is 9.53 Å². The summed E-state index contributed by atoms with van der Waals surface area (Å²) in [6.45, 7) is 4.36. The highest BCUT2D eigenvalue weighted by Crippen LogP contribution is 2.27. The van der Waals surface area contributed by atoms with Gasteiger partial charge in [-0.2, -0.15) is 0 Å². The summed E-state index contributed by atoms with van der Waals surface area (Å²) in [4.78, 5) is 32.7. The molecule has 3 aromatic carbocycles. The monoisotopic (exact) mass is 546 g/mol. The maximum absolute atomic E-state index is 13.3. The fraction of sp³-hybridized carbons (Fsp3) is 0.233. The van der Waals surface area contributed by atoms with Gasteiger partial charge in [-0.15, -0.1) is 0 Å². The van der Waals surface area contributed by atoms with Crippen LogP contribution >= 0.6 is 11.6 Å². The van der Waals surface area contributed by atoms with Gasteiger partial charge in [-0.1, -0.05) is 29.8 Å². The first-order chi connectivity index (χ1) is 18.8. The summed E-state index contributed by atoms with van der Waals surface area (Å²) < 4.78 is 12.3. The second kappa shape index (κ2) is 12.6. The highest BCUT2D eigenvalue weighted by atomic mass is 35.5. The molecule has 0 aliphatic rings. The molecule has 0 aliphatic heterocycles. The first kappa shape index (κ1) is 27.9. The smallest absolute Gasteiger partial charge is 0.255 e. The van der Waals surface area contributed by atoms with Crippen LogP contribution in [0, 0.1) is 13.8 Å². The van der Waals surface area contributed by atoms with Crippen molar-refractivity contribution in [2.45, 2.75) is 13.8 Å². The minimum absolute atomic E-state index is 0.203. The van der Waals surface area contributed by atoms with E-state index in [0.717, 1.165) is 28.1 Å². The Hall–Kier alpha value is -4.14. The molecule has 0 bridgehead atoms. The number of carbonyl (C=O) groups excluding carboxylic acids is 2. The number of imidazole rings is 1. The van der Waals surface area contributed by atoms with Crippen molar-refractivity contribution < 1.29 is 19.1 Å². The number of hydrogen-bond donors (Lipinski definition) is 1. The average Bonchev–Trinajstić information content (AvgIpc) is 3.36. The van der Waals surface area contributed by atoms with Gasteiger partial charge in [0, 0.05) is 31.1 Å². The third-order valence-electron chi connectivity index (χ3n) is 6.40. The minimum atomic E-state index is -0.400. The van der Waals surface area contributed by atoms with E-state index < -0.39 is 5.91 Å². The molecule has 0 fully saturated rings. The molecule has 8 nitrogen and oxygen atoms in total. The van der Waals surface area contributed by atoms with E-state index in [4.69, 9.17) is 26.1 Å². The largest absolute Gasteiger partial charge is 0.497 e. The molecule has 0 atom stereocenters. The fourth-order valence-electron chi connectivity index (χ4n) is 4.04. The van der Waals surface area contributed by atoms with Crippen LogP contribution in [0.15, 0.2) is 72.9 Å². The Morgan fingerprint density at radius 1 is 1.00 bits per heavy atom. The first-order valence-corrected chi connectivity index (χ1v) is 12.8. The summed E-state index contributed by atoms with van der Waals surface area (Å²) in [7, 11) is 3.16. The maximum atomic E-state index is 13.3. The molecule has 0 saturated carbocycles. The first-order valence-electron chi connectivity index (χ1n) is 12.4. The normalized spacial score (nSPS) is 10.8. The lowest BCUT2D eigenvalue weighted by Crippen LogP contribution is -2.40. The van der Waals surface area contributed by atoms with E-state index in [1.54, 1.807) is 38.5 Å². The Labute approximate surface area is 233 Å². The van der Waals surface area contributed by atoms with Crippen molar-refractivity contribution in [2.75, 3.05) is 39.2 Å². The van der Waals surface area contributed by atoms with Gasteiger partial charge in [-0.3, -0.25) is 19.5 Å².